The Balaban J connectivity index is 0.000000276. The highest BCUT2D eigenvalue weighted by atomic mass is 17.1. The zero-order valence-electron chi connectivity index (χ0n) is 65.5. The predicted molar refractivity (Wildman–Crippen MR) is 410 cm³/mol. The molecule has 8 aliphatic rings. The monoisotopic (exact) mass is 1360 g/mol. The van der Waals surface area contributed by atoms with Crippen molar-refractivity contribution in [3.05, 3.63) is 71.9 Å². The Morgan fingerprint density at radius 2 is 0.847 bits per heavy atom. The van der Waals surface area contributed by atoms with E-state index >= 15 is 0 Å². The van der Waals surface area contributed by atoms with Gasteiger partial charge in [0.1, 0.15) is 24.4 Å². The van der Waals surface area contributed by atoms with Crippen molar-refractivity contribution in [1.29, 1.82) is 0 Å². The van der Waals surface area contributed by atoms with Crippen LogP contribution in [0.5, 0.6) is 0 Å². The van der Waals surface area contributed by atoms with Crippen molar-refractivity contribution in [2.45, 2.75) is 390 Å². The number of hydrogen-bond donors (Lipinski definition) is 2. The largest absolute Gasteiger partial charge is 0.462 e. The van der Waals surface area contributed by atoms with Crippen LogP contribution in [0.25, 0.3) is 0 Å². The van der Waals surface area contributed by atoms with Gasteiger partial charge in [-0.2, -0.15) is 0 Å². The second-order valence-electron chi connectivity index (χ2n) is 35.8. The number of hydrogen-bond acceptors (Lipinski definition) is 8. The number of rotatable bonds is 42. The quantitative estimate of drug-likeness (QED) is 0.0155. The first-order valence-electron chi connectivity index (χ1n) is 42.3. The fourth-order valence-corrected chi connectivity index (χ4v) is 22.4. The highest BCUT2D eigenvalue weighted by molar-refractivity contribution is 5.70. The molecule has 560 valence electrons. The van der Waals surface area contributed by atoms with E-state index in [1.807, 2.05) is 24.3 Å². The number of fused-ring (bicyclic) bond motifs is 10. The highest BCUT2D eigenvalue weighted by Gasteiger charge is 2.61. The Morgan fingerprint density at radius 3 is 1.28 bits per heavy atom. The summed E-state index contributed by atoms with van der Waals surface area (Å²) in [4.78, 5) is 34.9. The first-order chi connectivity index (χ1) is 47.2. The second-order valence-corrected chi connectivity index (χ2v) is 35.8. The zero-order valence-corrected chi connectivity index (χ0v) is 65.5. The van der Waals surface area contributed by atoms with Crippen LogP contribution in [0.2, 0.25) is 0 Å². The van der Waals surface area contributed by atoms with Crippen LogP contribution in [0.3, 0.4) is 0 Å². The fraction of sp³-hybridized carbons (Fsp3) is 0.844. The van der Waals surface area contributed by atoms with Gasteiger partial charge in [0.05, 0.1) is 0 Å². The van der Waals surface area contributed by atoms with Crippen LogP contribution in [0, 0.1) is 92.7 Å². The van der Waals surface area contributed by atoms with Crippen LogP contribution in [0.1, 0.15) is 366 Å². The maximum absolute atomic E-state index is 12.8. The molecule has 8 aliphatic carbocycles. The molecule has 0 saturated heterocycles. The molecule has 0 heterocycles. The molecule has 0 amide bonds. The van der Waals surface area contributed by atoms with Gasteiger partial charge in [-0.25, -0.2) is 9.78 Å². The van der Waals surface area contributed by atoms with Crippen LogP contribution in [0.4, 0.5) is 0 Å². The van der Waals surface area contributed by atoms with Gasteiger partial charge in [0.25, 0.3) is 0 Å². The standard InChI is InChI=1S/2C45H76O4/c1-7-8-16-22-37(49-47)23-17-14-12-10-9-11-13-15-18-24-43(46)48-38-29-31-44(5)36(33-38)25-26-39-41-28-27-40(35(4)21-19-20-34(2)3)45(41,6)32-30-42(39)44;1-7-8-9-10-11-13-16-22-37(49-47)23-17-14-12-15-18-24-43(46)48-38-29-31-44(5)36(33-38)25-26-39-41-28-27-40(35(4)21-19-20-34(2)3)45(41,6)32-30-42(39)44/h12,14,17,23,25,34-35,37-42,47H,7-11,13,15-16,18-22,24,26-33H2,1-6H3;11,13,16,22,25,34-35,37-42,47H,7-10,12,14-15,17-21,23-24,26-33H2,1-6H3. The van der Waals surface area contributed by atoms with Gasteiger partial charge in [-0.05, 0) is 234 Å². The molecule has 0 bridgehead atoms. The van der Waals surface area contributed by atoms with Gasteiger partial charge in [0, 0.05) is 25.7 Å². The van der Waals surface area contributed by atoms with E-state index in [0.717, 1.165) is 174 Å². The molecule has 0 aromatic carbocycles. The molecule has 18 atom stereocenters. The maximum Gasteiger partial charge on any atom is 0.306 e. The van der Waals surface area contributed by atoms with Crippen LogP contribution >= 0.6 is 0 Å². The van der Waals surface area contributed by atoms with Crippen molar-refractivity contribution in [3.8, 4) is 0 Å². The van der Waals surface area contributed by atoms with Gasteiger partial charge in [0.2, 0.25) is 0 Å². The lowest BCUT2D eigenvalue weighted by Gasteiger charge is -2.58. The smallest absolute Gasteiger partial charge is 0.306 e. The molecule has 0 aliphatic heterocycles. The number of carbonyl (C=O) groups is 2. The molecule has 98 heavy (non-hydrogen) atoms. The minimum Gasteiger partial charge on any atom is -0.462 e. The summed E-state index contributed by atoms with van der Waals surface area (Å²) < 4.78 is 12.2. The van der Waals surface area contributed by atoms with Crippen LogP contribution in [-0.2, 0) is 28.8 Å². The zero-order chi connectivity index (χ0) is 70.6. The van der Waals surface area contributed by atoms with E-state index in [4.69, 9.17) is 14.7 Å². The lowest BCUT2D eigenvalue weighted by molar-refractivity contribution is -0.267. The molecule has 6 saturated carbocycles. The summed E-state index contributed by atoms with van der Waals surface area (Å²) in [5.41, 5.74) is 4.91. The molecule has 0 spiro atoms. The third-order valence-corrected chi connectivity index (χ3v) is 28.2. The topological polar surface area (TPSA) is 112 Å². The number of unbranched alkanes of at least 4 members (excludes halogenated alkanes) is 14. The third-order valence-electron chi connectivity index (χ3n) is 28.2. The maximum atomic E-state index is 12.8. The van der Waals surface area contributed by atoms with Crippen molar-refractivity contribution in [2.24, 2.45) is 92.7 Å². The summed E-state index contributed by atoms with van der Waals surface area (Å²) in [6, 6.07) is 0. The molecule has 18 unspecified atom stereocenters. The van der Waals surface area contributed by atoms with Crippen molar-refractivity contribution in [2.75, 3.05) is 0 Å². The number of ether oxygens (including phenoxy) is 2. The van der Waals surface area contributed by atoms with E-state index in [-0.39, 0.29) is 36.4 Å². The van der Waals surface area contributed by atoms with Gasteiger partial charge in [-0.1, -0.05) is 271 Å². The first-order valence-corrected chi connectivity index (χ1v) is 42.3. The van der Waals surface area contributed by atoms with E-state index in [1.165, 1.54) is 167 Å². The van der Waals surface area contributed by atoms with Gasteiger partial charge in [-0.3, -0.25) is 20.1 Å². The molecule has 8 nitrogen and oxygen atoms in total. The minimum atomic E-state index is -0.246. The first kappa shape index (κ1) is 82.5. The normalized spacial score (nSPS) is 32.6. The van der Waals surface area contributed by atoms with E-state index in [2.05, 4.69) is 129 Å². The summed E-state index contributed by atoms with van der Waals surface area (Å²) in [5, 5.41) is 18.3. The molecule has 8 heteroatoms. The van der Waals surface area contributed by atoms with E-state index in [0.29, 0.717) is 34.5 Å². The second kappa shape index (κ2) is 42.2. The Bertz CT molecular complexity index is 2480. The Hall–Kier alpha value is -2.78. The van der Waals surface area contributed by atoms with Gasteiger partial charge < -0.3 is 9.47 Å². The van der Waals surface area contributed by atoms with Crippen LogP contribution in [0.15, 0.2) is 71.9 Å². The Kier molecular flexibility index (Phi) is 35.6. The summed E-state index contributed by atoms with van der Waals surface area (Å²) >= 11 is 0. The van der Waals surface area contributed by atoms with Crippen molar-refractivity contribution < 1.29 is 39.4 Å². The average Bonchev–Trinajstić information content (AvgIpc) is 1.39. The van der Waals surface area contributed by atoms with Gasteiger partial charge >= 0.3 is 11.9 Å². The fourth-order valence-electron chi connectivity index (χ4n) is 22.4. The average molecular weight is 1360 g/mol. The molecule has 0 aromatic rings. The van der Waals surface area contributed by atoms with Crippen LogP contribution in [-0.4, -0.2) is 46.9 Å². The van der Waals surface area contributed by atoms with Crippen molar-refractivity contribution in [3.63, 3.8) is 0 Å². The Morgan fingerprint density at radius 1 is 0.449 bits per heavy atom. The van der Waals surface area contributed by atoms with Crippen LogP contribution < -0.4 is 0 Å². The molecular weight excluding hydrogens is 1210 g/mol. The lowest BCUT2D eigenvalue weighted by Crippen LogP contribution is -2.51. The van der Waals surface area contributed by atoms with Crippen molar-refractivity contribution >= 4 is 11.9 Å². The van der Waals surface area contributed by atoms with E-state index in [1.54, 1.807) is 11.1 Å². The SMILES string of the molecule is CCCCCC(C=CC=CCCCCCCCC(=O)OC1CCC2(C)C(=CCC3C2CCC2(C)C(C(C)CCCC(C)C)CCC32)C1)OO.CCCCCC=CC=CC(CCCCCCCC(=O)OC1CCC2(C)C(=CCC3C2CCC2(C)C(C(C)CCCC(C)C)CCC32)C1)OO. The number of esters is 2. The lowest BCUT2D eigenvalue weighted by atomic mass is 9.47. The summed E-state index contributed by atoms with van der Waals surface area (Å²) in [7, 11) is 0. The summed E-state index contributed by atoms with van der Waals surface area (Å²) in [6.07, 6.45) is 72.8. The van der Waals surface area contributed by atoms with Crippen molar-refractivity contribution in [1.82, 2.24) is 0 Å². The van der Waals surface area contributed by atoms with E-state index in [9.17, 15) is 14.8 Å². The summed E-state index contributed by atoms with van der Waals surface area (Å²) in [5.74, 6) is 10.3. The molecule has 6 fully saturated rings. The highest BCUT2D eigenvalue weighted by Crippen LogP contribution is 2.69. The molecule has 0 radical (unpaired) electrons. The molecule has 2 N–H and O–H groups in total. The Labute approximate surface area is 602 Å². The number of carbonyl (C=O) groups excluding carboxylic acids is 2. The number of allylic oxidation sites excluding steroid dienone is 8. The van der Waals surface area contributed by atoms with E-state index < -0.39 is 0 Å². The predicted octanol–water partition coefficient (Wildman–Crippen LogP) is 26.4. The van der Waals surface area contributed by atoms with Gasteiger partial charge in [-0.15, -0.1) is 0 Å². The minimum absolute atomic E-state index is 0.00235. The summed E-state index contributed by atoms with van der Waals surface area (Å²) in [6.45, 7) is 29.6. The third kappa shape index (κ3) is 23.6. The van der Waals surface area contributed by atoms with Gasteiger partial charge in [0.15, 0.2) is 0 Å². The molecular formula is C90H152O8. The molecule has 8 rings (SSSR count). The molecule has 0 aromatic heterocycles.